The quantitative estimate of drug-likeness (QED) is 0.508. The smallest absolute Gasteiger partial charge is 0.271 e. The molecule has 0 aliphatic rings. The number of rotatable bonds is 8. The van der Waals surface area contributed by atoms with Crippen LogP contribution in [0, 0.1) is 0 Å². The molecule has 1 aromatic heterocycles. The number of nitrogens with one attached hydrogen (secondary N) is 2. The minimum atomic E-state index is -0.408. The minimum absolute atomic E-state index is 0.167. The number of aromatic nitrogens is 1. The second-order valence-electron chi connectivity index (χ2n) is 6.62. The Kier molecular flexibility index (Phi) is 8.54. The summed E-state index contributed by atoms with van der Waals surface area (Å²) in [5, 5.41) is 5.71. The lowest BCUT2D eigenvalue weighted by Gasteiger charge is -2.11. The summed E-state index contributed by atoms with van der Waals surface area (Å²) in [5.41, 5.74) is 1.31. The van der Waals surface area contributed by atoms with Gasteiger partial charge in [0.25, 0.3) is 11.8 Å². The van der Waals surface area contributed by atoms with Crippen molar-refractivity contribution in [1.82, 2.24) is 15.2 Å². The Morgan fingerprint density at radius 3 is 2.41 bits per heavy atom. The van der Waals surface area contributed by atoms with Gasteiger partial charge in [-0.05, 0) is 55.0 Å². The molecule has 2 aromatic rings. The summed E-state index contributed by atoms with van der Waals surface area (Å²) in [6.45, 7) is 2.85. The van der Waals surface area contributed by atoms with Gasteiger partial charge >= 0.3 is 0 Å². The molecular formula is C21H26N4O3S. The zero-order chi connectivity index (χ0) is 21.2. The highest BCUT2D eigenvalue weighted by atomic mass is 32.1. The normalized spacial score (nSPS) is 10.2. The van der Waals surface area contributed by atoms with Gasteiger partial charge in [0.2, 0.25) is 0 Å². The first-order chi connectivity index (χ1) is 13.9. The largest absolute Gasteiger partial charge is 0.494 e. The molecular weight excluding hydrogens is 388 g/mol. The molecule has 0 saturated carbocycles. The number of benzene rings is 1. The third-order valence-electron chi connectivity index (χ3n) is 4.01. The number of carbonyl (C=O) groups is 2. The fourth-order valence-corrected chi connectivity index (χ4v) is 2.61. The van der Waals surface area contributed by atoms with Crippen LogP contribution in [0.2, 0.25) is 0 Å². The third kappa shape index (κ3) is 7.15. The van der Waals surface area contributed by atoms with Crippen LogP contribution in [0.5, 0.6) is 5.75 Å². The van der Waals surface area contributed by atoms with Crippen LogP contribution in [0.4, 0.5) is 5.69 Å². The predicted octanol–water partition coefficient (Wildman–Crippen LogP) is 3.48. The van der Waals surface area contributed by atoms with E-state index in [4.69, 9.17) is 17.0 Å². The maximum absolute atomic E-state index is 12.3. The number of ether oxygens (including phenoxy) is 1. The molecule has 0 aliphatic carbocycles. The van der Waals surface area contributed by atoms with Crippen molar-refractivity contribution in [2.24, 2.45) is 0 Å². The summed E-state index contributed by atoms with van der Waals surface area (Å²) in [4.78, 5) is 29.6. The van der Waals surface area contributed by atoms with E-state index in [9.17, 15) is 9.59 Å². The van der Waals surface area contributed by atoms with Crippen LogP contribution in [-0.2, 0) is 0 Å². The summed E-state index contributed by atoms with van der Waals surface area (Å²) < 4.78 is 5.67. The second-order valence-corrected chi connectivity index (χ2v) is 7.03. The summed E-state index contributed by atoms with van der Waals surface area (Å²) in [7, 11) is 3.28. The van der Waals surface area contributed by atoms with Gasteiger partial charge in [-0.2, -0.15) is 0 Å². The molecule has 0 saturated heterocycles. The van der Waals surface area contributed by atoms with Crippen LogP contribution < -0.4 is 15.4 Å². The lowest BCUT2D eigenvalue weighted by Crippen LogP contribution is -2.34. The van der Waals surface area contributed by atoms with Gasteiger partial charge in [-0.3, -0.25) is 19.9 Å². The SMILES string of the molecule is CCCCCOc1ccc(NC(=S)NC(=O)c2ccc(C(=O)N(C)C)nc2)cc1. The lowest BCUT2D eigenvalue weighted by atomic mass is 10.2. The molecule has 0 aliphatic heterocycles. The van der Waals surface area contributed by atoms with Crippen LogP contribution in [-0.4, -0.2) is 47.5 Å². The first-order valence-electron chi connectivity index (χ1n) is 9.43. The number of unbranched alkanes of at least 4 members (excludes halogenated alkanes) is 2. The predicted molar refractivity (Wildman–Crippen MR) is 117 cm³/mol. The van der Waals surface area contributed by atoms with Crippen LogP contribution in [0.3, 0.4) is 0 Å². The van der Waals surface area contributed by atoms with Gasteiger partial charge in [0.15, 0.2) is 5.11 Å². The van der Waals surface area contributed by atoms with Crippen molar-refractivity contribution in [3.8, 4) is 5.75 Å². The summed E-state index contributed by atoms with van der Waals surface area (Å²) >= 11 is 5.19. The van der Waals surface area contributed by atoms with Gasteiger partial charge in [0.1, 0.15) is 11.4 Å². The maximum atomic E-state index is 12.3. The van der Waals surface area contributed by atoms with Crippen molar-refractivity contribution in [3.63, 3.8) is 0 Å². The van der Waals surface area contributed by atoms with Crippen LogP contribution >= 0.6 is 12.2 Å². The van der Waals surface area contributed by atoms with Gasteiger partial charge in [-0.15, -0.1) is 0 Å². The molecule has 29 heavy (non-hydrogen) atoms. The Morgan fingerprint density at radius 2 is 1.83 bits per heavy atom. The van der Waals surface area contributed by atoms with Crippen molar-refractivity contribution in [1.29, 1.82) is 0 Å². The van der Waals surface area contributed by atoms with Gasteiger partial charge in [0, 0.05) is 26.0 Å². The van der Waals surface area contributed by atoms with E-state index < -0.39 is 5.91 Å². The van der Waals surface area contributed by atoms with Crippen LogP contribution in [0.15, 0.2) is 42.6 Å². The van der Waals surface area contributed by atoms with Crippen molar-refractivity contribution >= 4 is 34.8 Å². The standard InChI is InChI=1S/C21H26N4O3S/c1-4-5-6-13-28-17-10-8-16(9-11-17)23-21(29)24-19(26)15-7-12-18(22-14-15)20(27)25(2)3/h7-12,14H,4-6,13H2,1-3H3,(H2,23,24,26,29). The highest BCUT2D eigenvalue weighted by molar-refractivity contribution is 7.80. The van der Waals surface area contributed by atoms with E-state index in [2.05, 4.69) is 22.5 Å². The average Bonchev–Trinajstić information content (AvgIpc) is 2.71. The number of pyridine rings is 1. The van der Waals surface area contributed by atoms with E-state index in [0.29, 0.717) is 12.2 Å². The zero-order valence-electron chi connectivity index (χ0n) is 16.9. The number of hydrogen-bond donors (Lipinski definition) is 2. The zero-order valence-corrected chi connectivity index (χ0v) is 17.7. The molecule has 0 radical (unpaired) electrons. The molecule has 7 nitrogen and oxygen atoms in total. The number of thiocarbonyl (C=S) groups is 1. The molecule has 0 atom stereocenters. The molecule has 8 heteroatoms. The topological polar surface area (TPSA) is 83.6 Å². The van der Waals surface area contributed by atoms with E-state index in [0.717, 1.165) is 30.7 Å². The monoisotopic (exact) mass is 414 g/mol. The summed E-state index contributed by atoms with van der Waals surface area (Å²) in [5.74, 6) is 0.154. The van der Waals surface area contributed by atoms with Gasteiger partial charge in [0.05, 0.1) is 12.2 Å². The van der Waals surface area contributed by atoms with E-state index in [1.54, 1.807) is 14.1 Å². The molecule has 2 N–H and O–H groups in total. The third-order valence-corrected chi connectivity index (χ3v) is 4.21. The Labute approximate surface area is 176 Å². The Morgan fingerprint density at radius 1 is 1.10 bits per heavy atom. The highest BCUT2D eigenvalue weighted by Gasteiger charge is 2.12. The molecule has 1 aromatic carbocycles. The van der Waals surface area contributed by atoms with Crippen molar-refractivity contribution < 1.29 is 14.3 Å². The maximum Gasteiger partial charge on any atom is 0.271 e. The number of anilines is 1. The van der Waals surface area contributed by atoms with Crippen LogP contribution in [0.1, 0.15) is 47.0 Å². The van der Waals surface area contributed by atoms with Gasteiger partial charge < -0.3 is 15.0 Å². The average molecular weight is 415 g/mol. The van der Waals surface area contributed by atoms with Crippen LogP contribution in [0.25, 0.3) is 0 Å². The Balaban J connectivity index is 1.85. The molecule has 0 fully saturated rings. The first-order valence-corrected chi connectivity index (χ1v) is 9.84. The molecule has 0 unspecified atom stereocenters. The minimum Gasteiger partial charge on any atom is -0.494 e. The molecule has 0 spiro atoms. The fourth-order valence-electron chi connectivity index (χ4n) is 2.40. The van der Waals surface area contributed by atoms with E-state index in [1.807, 2.05) is 24.3 Å². The van der Waals surface area contributed by atoms with E-state index in [1.165, 1.54) is 23.2 Å². The number of nitrogens with zero attached hydrogens (tertiary/aromatic N) is 2. The number of amides is 2. The fraction of sp³-hybridized carbons (Fsp3) is 0.333. The Hall–Kier alpha value is -3.00. The lowest BCUT2D eigenvalue weighted by molar-refractivity contribution is 0.0821. The van der Waals surface area contributed by atoms with Crippen molar-refractivity contribution in [2.45, 2.75) is 26.2 Å². The van der Waals surface area contributed by atoms with Crippen molar-refractivity contribution in [2.75, 3.05) is 26.0 Å². The summed E-state index contributed by atoms with van der Waals surface area (Å²) in [6, 6.07) is 10.4. The Bertz CT molecular complexity index is 836. The van der Waals surface area contributed by atoms with Crippen molar-refractivity contribution in [3.05, 3.63) is 53.9 Å². The molecule has 0 bridgehead atoms. The molecule has 154 valence electrons. The number of carbonyl (C=O) groups excluding carboxylic acids is 2. The molecule has 1 heterocycles. The molecule has 2 rings (SSSR count). The first kappa shape index (κ1) is 22.3. The van der Waals surface area contributed by atoms with Gasteiger partial charge in [-0.1, -0.05) is 19.8 Å². The van der Waals surface area contributed by atoms with Gasteiger partial charge in [-0.25, -0.2) is 0 Å². The van der Waals surface area contributed by atoms with E-state index in [-0.39, 0.29) is 16.7 Å². The summed E-state index contributed by atoms with van der Waals surface area (Å²) in [6.07, 6.45) is 4.69. The number of hydrogen-bond acceptors (Lipinski definition) is 5. The highest BCUT2D eigenvalue weighted by Crippen LogP contribution is 2.16. The second kappa shape index (κ2) is 11.1. The molecule has 2 amide bonds. The van der Waals surface area contributed by atoms with E-state index >= 15 is 0 Å².